The highest BCUT2D eigenvalue weighted by atomic mass is 32.1. The number of benzene rings is 2. The second kappa shape index (κ2) is 13.5. The molecule has 0 bridgehead atoms. The molecule has 2 aromatic carbocycles. The van der Waals surface area contributed by atoms with E-state index in [2.05, 4.69) is 48.5 Å². The van der Waals surface area contributed by atoms with Crippen LogP contribution in [0, 0.1) is 11.3 Å². The lowest BCUT2D eigenvalue weighted by Gasteiger charge is -2.23. The fourth-order valence-corrected chi connectivity index (χ4v) is 4.92. The molecule has 3 aromatic rings. The maximum atomic E-state index is 13.5. The van der Waals surface area contributed by atoms with Gasteiger partial charge in [-0.25, -0.2) is 4.98 Å². The molecule has 0 aliphatic rings. The van der Waals surface area contributed by atoms with Gasteiger partial charge in [-0.05, 0) is 35.6 Å². The van der Waals surface area contributed by atoms with Crippen LogP contribution in [0.3, 0.4) is 0 Å². The summed E-state index contributed by atoms with van der Waals surface area (Å²) in [6.45, 7) is 9.52. The van der Waals surface area contributed by atoms with Crippen molar-refractivity contribution < 1.29 is 14.4 Å². The van der Waals surface area contributed by atoms with Gasteiger partial charge in [-0.15, -0.1) is 11.3 Å². The Morgan fingerprint density at radius 1 is 1.08 bits per heavy atom. The molecule has 1 aromatic heterocycles. The van der Waals surface area contributed by atoms with Crippen LogP contribution in [-0.2, 0) is 27.2 Å². The van der Waals surface area contributed by atoms with E-state index in [-0.39, 0.29) is 36.8 Å². The lowest BCUT2D eigenvalue weighted by molar-refractivity contribution is -0.129. The Balaban J connectivity index is 1.80. The van der Waals surface area contributed by atoms with Crippen LogP contribution in [0.15, 0.2) is 60.7 Å². The molecule has 38 heavy (non-hydrogen) atoms. The Kier molecular flexibility index (Phi) is 10.1. The average molecular weight is 532 g/mol. The van der Waals surface area contributed by atoms with E-state index in [0.29, 0.717) is 12.3 Å². The number of hydrogen-bond acceptors (Lipinski definition) is 6. The summed E-state index contributed by atoms with van der Waals surface area (Å²) in [5, 5.41) is 18.1. The van der Waals surface area contributed by atoms with Gasteiger partial charge in [0.2, 0.25) is 11.8 Å². The zero-order chi connectivity index (χ0) is 27.7. The number of amides is 3. The maximum Gasteiger partial charge on any atom is 0.261 e. The van der Waals surface area contributed by atoms with E-state index in [1.54, 1.807) is 13.0 Å². The molecule has 3 rings (SSSR count). The van der Waals surface area contributed by atoms with Gasteiger partial charge in [0.1, 0.15) is 17.7 Å². The Hall–Kier alpha value is -4.03. The van der Waals surface area contributed by atoms with E-state index < -0.39 is 18.0 Å². The normalized spacial score (nSPS) is 12.4. The van der Waals surface area contributed by atoms with Crippen molar-refractivity contribution in [1.82, 2.24) is 20.9 Å². The number of rotatable bonds is 12. The average Bonchev–Trinajstić information content (AvgIpc) is 3.32. The highest BCUT2D eigenvalue weighted by Gasteiger charge is 2.25. The van der Waals surface area contributed by atoms with Crippen LogP contribution in [-0.4, -0.2) is 41.3 Å². The van der Waals surface area contributed by atoms with Crippen molar-refractivity contribution in [3.63, 3.8) is 0 Å². The van der Waals surface area contributed by atoms with Crippen LogP contribution >= 0.6 is 11.3 Å². The topological polar surface area (TPSA) is 124 Å². The van der Waals surface area contributed by atoms with Gasteiger partial charge in [0.15, 0.2) is 0 Å². The smallest absolute Gasteiger partial charge is 0.261 e. The number of carbonyl (C=O) groups excluding carboxylic acids is 3. The van der Waals surface area contributed by atoms with E-state index in [1.165, 1.54) is 16.9 Å². The van der Waals surface area contributed by atoms with Crippen LogP contribution in [0.25, 0.3) is 10.2 Å². The molecule has 3 amide bonds. The minimum Gasteiger partial charge on any atom is -0.349 e. The fourth-order valence-electron chi connectivity index (χ4n) is 3.86. The zero-order valence-electron chi connectivity index (χ0n) is 21.9. The predicted molar refractivity (Wildman–Crippen MR) is 149 cm³/mol. The number of thiazole rings is 1. The number of carbonyl (C=O) groups is 3. The molecule has 0 saturated carbocycles. The van der Waals surface area contributed by atoms with Crippen molar-refractivity contribution in [3.05, 3.63) is 76.8 Å². The molecule has 0 unspecified atom stereocenters. The van der Waals surface area contributed by atoms with E-state index in [0.717, 1.165) is 20.8 Å². The van der Waals surface area contributed by atoms with Crippen molar-refractivity contribution in [1.29, 1.82) is 5.26 Å². The molecule has 0 aliphatic carbocycles. The third kappa shape index (κ3) is 7.98. The summed E-state index contributed by atoms with van der Waals surface area (Å²) in [5.41, 5.74) is 2.83. The predicted octanol–water partition coefficient (Wildman–Crippen LogP) is 3.78. The summed E-state index contributed by atoms with van der Waals surface area (Å²) in [5.74, 6) is -0.819. The summed E-state index contributed by atoms with van der Waals surface area (Å²) in [6.07, 6.45) is 0.921. The summed E-state index contributed by atoms with van der Waals surface area (Å²) < 4.78 is 1.04. The number of nitriles is 1. The molecular formula is C29H33N5O3S. The van der Waals surface area contributed by atoms with E-state index in [4.69, 9.17) is 10.2 Å². The first-order valence-corrected chi connectivity index (χ1v) is 13.4. The van der Waals surface area contributed by atoms with Gasteiger partial charge >= 0.3 is 0 Å². The van der Waals surface area contributed by atoms with Gasteiger partial charge in [0, 0.05) is 19.4 Å². The Bertz CT molecular complexity index is 1340. The quantitative estimate of drug-likeness (QED) is 0.242. The first kappa shape index (κ1) is 28.5. The number of hydrogen-bond donors (Lipinski definition) is 3. The first-order valence-electron chi connectivity index (χ1n) is 12.6. The number of fused-ring (bicyclic) bond motifs is 1. The molecule has 9 heteroatoms. The van der Waals surface area contributed by atoms with E-state index in [1.807, 2.05) is 36.4 Å². The lowest BCUT2D eigenvalue weighted by atomic mass is 10.0. The zero-order valence-corrected chi connectivity index (χ0v) is 22.7. The van der Waals surface area contributed by atoms with Crippen LogP contribution in [0.4, 0.5) is 0 Å². The second-order valence-electron chi connectivity index (χ2n) is 9.36. The Morgan fingerprint density at radius 2 is 1.82 bits per heavy atom. The summed E-state index contributed by atoms with van der Waals surface area (Å²) >= 11 is 1.51. The standard InChI is InChI=1S/C29H33N5O3S/c1-5-26(35)33-24(15-27-34-23-12-11-21(18(2)3)14-25(23)38-27)29(37)32-22(13-20-9-7-6-8-10-20)17-31-28(36)19(4)16-30/h6-12,14,18,22,24H,4-5,13,15,17H2,1-3H3,(H,31,36)(H,32,37)(H,33,35)/t22-,24-/m0/s1. The van der Waals surface area contributed by atoms with Gasteiger partial charge in [0.25, 0.3) is 5.91 Å². The van der Waals surface area contributed by atoms with Crippen LogP contribution in [0.2, 0.25) is 0 Å². The molecule has 1 heterocycles. The number of nitrogens with zero attached hydrogens (tertiary/aromatic N) is 2. The summed E-state index contributed by atoms with van der Waals surface area (Å²) in [6, 6.07) is 16.1. The summed E-state index contributed by atoms with van der Waals surface area (Å²) in [7, 11) is 0. The lowest BCUT2D eigenvalue weighted by Crippen LogP contribution is -2.53. The molecular weight excluding hydrogens is 498 g/mol. The van der Waals surface area contributed by atoms with Crippen LogP contribution in [0.1, 0.15) is 49.2 Å². The highest BCUT2D eigenvalue weighted by molar-refractivity contribution is 7.18. The van der Waals surface area contributed by atoms with Gasteiger partial charge in [-0.2, -0.15) is 5.26 Å². The summed E-state index contributed by atoms with van der Waals surface area (Å²) in [4.78, 5) is 42.6. The molecule has 0 aliphatic heterocycles. The van der Waals surface area contributed by atoms with Crippen molar-refractivity contribution >= 4 is 39.3 Å². The van der Waals surface area contributed by atoms with Gasteiger partial charge < -0.3 is 16.0 Å². The molecule has 3 N–H and O–H groups in total. The third-order valence-corrected chi connectivity index (χ3v) is 7.10. The molecule has 198 valence electrons. The van der Waals surface area contributed by atoms with Crippen LogP contribution < -0.4 is 16.0 Å². The van der Waals surface area contributed by atoms with Crippen molar-refractivity contribution in [2.75, 3.05) is 6.54 Å². The monoisotopic (exact) mass is 531 g/mol. The Labute approximate surface area is 227 Å². The van der Waals surface area contributed by atoms with Crippen molar-refractivity contribution in [3.8, 4) is 6.07 Å². The number of aromatic nitrogens is 1. The minimum absolute atomic E-state index is 0.0910. The largest absolute Gasteiger partial charge is 0.349 e. The van der Waals surface area contributed by atoms with Crippen molar-refractivity contribution in [2.45, 2.75) is 58.0 Å². The van der Waals surface area contributed by atoms with Gasteiger partial charge in [0.05, 0.1) is 21.3 Å². The molecule has 8 nitrogen and oxygen atoms in total. The van der Waals surface area contributed by atoms with E-state index >= 15 is 0 Å². The Morgan fingerprint density at radius 3 is 2.47 bits per heavy atom. The van der Waals surface area contributed by atoms with Gasteiger partial charge in [-0.1, -0.05) is 63.7 Å². The SMILES string of the molecule is C=C(C#N)C(=O)NC[C@H](Cc1ccccc1)NC(=O)[C@H](Cc1nc2ccc(C(C)C)cc2s1)NC(=O)CC. The molecule has 0 saturated heterocycles. The molecule has 0 radical (unpaired) electrons. The van der Waals surface area contributed by atoms with Gasteiger partial charge in [-0.3, -0.25) is 14.4 Å². The number of nitrogens with one attached hydrogen (secondary N) is 3. The fraction of sp³-hybridized carbons (Fsp3) is 0.345. The van der Waals surface area contributed by atoms with Crippen molar-refractivity contribution in [2.24, 2.45) is 0 Å². The first-order chi connectivity index (χ1) is 18.2. The maximum absolute atomic E-state index is 13.5. The van der Waals surface area contributed by atoms with Crippen LogP contribution in [0.5, 0.6) is 0 Å². The second-order valence-corrected chi connectivity index (χ2v) is 10.5. The minimum atomic E-state index is -0.837. The van der Waals surface area contributed by atoms with E-state index in [9.17, 15) is 14.4 Å². The molecule has 2 atom stereocenters. The third-order valence-electron chi connectivity index (χ3n) is 6.06. The molecule has 0 spiro atoms. The molecule has 0 fully saturated rings. The highest BCUT2D eigenvalue weighted by Crippen LogP contribution is 2.27.